The number of rotatable bonds is 6. The van der Waals surface area contributed by atoms with Crippen LogP contribution in [0.15, 0.2) is 30.3 Å². The zero-order valence-electron chi connectivity index (χ0n) is 16.7. The van der Waals surface area contributed by atoms with Crippen LogP contribution in [0.25, 0.3) is 0 Å². The van der Waals surface area contributed by atoms with E-state index < -0.39 is 6.10 Å². The standard InChI is InChI=1S/C22H34N2O3/c1-3-23(16-17-7-5-4-6-8-17)19-11-13-24(14-12-19)22(26)18-9-10-20(25)21(15-18)27-2/h4-8,18-21,25H,3,9-16H2,1-2H3/t18-,20+,21-/m1/s1. The lowest BCUT2D eigenvalue weighted by atomic mass is 9.84. The second kappa shape index (κ2) is 9.67. The minimum Gasteiger partial charge on any atom is -0.390 e. The van der Waals surface area contributed by atoms with Crippen LogP contribution in [0, 0.1) is 5.92 Å². The molecule has 1 saturated heterocycles. The Balaban J connectivity index is 1.51. The average molecular weight is 375 g/mol. The third kappa shape index (κ3) is 5.09. The van der Waals surface area contributed by atoms with Crippen molar-refractivity contribution in [3.8, 4) is 0 Å². The van der Waals surface area contributed by atoms with E-state index in [-0.39, 0.29) is 17.9 Å². The molecular formula is C22H34N2O3. The van der Waals surface area contributed by atoms with Crippen LogP contribution in [0.5, 0.6) is 0 Å². The van der Waals surface area contributed by atoms with E-state index in [0.717, 1.165) is 45.4 Å². The molecule has 0 unspecified atom stereocenters. The fourth-order valence-corrected chi connectivity index (χ4v) is 4.62. The number of hydrogen-bond acceptors (Lipinski definition) is 4. The van der Waals surface area contributed by atoms with Crippen LogP contribution in [0.2, 0.25) is 0 Å². The lowest BCUT2D eigenvalue weighted by Gasteiger charge is -2.40. The summed E-state index contributed by atoms with van der Waals surface area (Å²) >= 11 is 0. The Bertz CT molecular complexity index is 586. The van der Waals surface area contributed by atoms with Gasteiger partial charge in [-0.1, -0.05) is 37.3 Å². The molecule has 5 heteroatoms. The zero-order valence-corrected chi connectivity index (χ0v) is 16.7. The molecule has 2 fully saturated rings. The molecular weight excluding hydrogens is 340 g/mol. The Labute approximate surface area is 163 Å². The van der Waals surface area contributed by atoms with Gasteiger partial charge in [0.05, 0.1) is 12.2 Å². The number of likely N-dealkylation sites (tertiary alicyclic amines) is 1. The van der Waals surface area contributed by atoms with Crippen LogP contribution < -0.4 is 0 Å². The van der Waals surface area contributed by atoms with Crippen LogP contribution in [-0.4, -0.2) is 65.8 Å². The number of aliphatic hydroxyl groups is 1. The first-order chi connectivity index (χ1) is 13.1. The van der Waals surface area contributed by atoms with Crippen molar-refractivity contribution in [2.45, 2.75) is 63.8 Å². The van der Waals surface area contributed by atoms with Crippen molar-refractivity contribution in [3.63, 3.8) is 0 Å². The smallest absolute Gasteiger partial charge is 0.225 e. The molecule has 0 aromatic heterocycles. The van der Waals surface area contributed by atoms with Gasteiger partial charge in [-0.25, -0.2) is 0 Å². The second-order valence-corrected chi connectivity index (χ2v) is 7.96. The van der Waals surface area contributed by atoms with Crippen LogP contribution in [-0.2, 0) is 16.1 Å². The monoisotopic (exact) mass is 374 g/mol. The number of carbonyl (C=O) groups is 1. The minimum atomic E-state index is -0.430. The van der Waals surface area contributed by atoms with Crippen LogP contribution in [0.1, 0.15) is 44.6 Å². The number of ether oxygens (including phenoxy) is 1. The molecule has 2 aliphatic rings. The summed E-state index contributed by atoms with van der Waals surface area (Å²) in [5.41, 5.74) is 1.35. The SMILES string of the molecule is CCN(Cc1ccccc1)C1CCN(C(=O)[C@@H]2CC[C@H](O)[C@H](OC)C2)CC1. The summed E-state index contributed by atoms with van der Waals surface area (Å²) in [5.74, 6) is 0.259. The highest BCUT2D eigenvalue weighted by Crippen LogP contribution is 2.29. The number of amides is 1. The topological polar surface area (TPSA) is 53.0 Å². The van der Waals surface area contributed by atoms with E-state index in [1.54, 1.807) is 7.11 Å². The van der Waals surface area contributed by atoms with Crippen molar-refractivity contribution >= 4 is 5.91 Å². The average Bonchev–Trinajstić information content (AvgIpc) is 2.73. The molecule has 1 N–H and O–H groups in total. The van der Waals surface area contributed by atoms with E-state index >= 15 is 0 Å². The highest BCUT2D eigenvalue weighted by atomic mass is 16.5. The molecule has 1 saturated carbocycles. The Hall–Kier alpha value is -1.43. The molecule has 150 valence electrons. The van der Waals surface area contributed by atoms with E-state index in [2.05, 4.69) is 42.2 Å². The number of benzene rings is 1. The quantitative estimate of drug-likeness (QED) is 0.832. The van der Waals surface area contributed by atoms with Gasteiger partial charge in [0, 0.05) is 38.7 Å². The maximum absolute atomic E-state index is 12.9. The molecule has 3 atom stereocenters. The molecule has 3 rings (SSSR count). The van der Waals surface area contributed by atoms with Crippen LogP contribution >= 0.6 is 0 Å². The number of hydrogen-bond donors (Lipinski definition) is 1. The van der Waals surface area contributed by atoms with Gasteiger partial charge in [-0.2, -0.15) is 0 Å². The van der Waals surface area contributed by atoms with Crippen molar-refractivity contribution in [1.29, 1.82) is 0 Å². The Morgan fingerprint density at radius 1 is 1.19 bits per heavy atom. The first-order valence-electron chi connectivity index (χ1n) is 10.4. The van der Waals surface area contributed by atoms with Gasteiger partial charge in [-0.3, -0.25) is 9.69 Å². The predicted octanol–water partition coefficient (Wildman–Crippen LogP) is 2.68. The van der Waals surface area contributed by atoms with Crippen molar-refractivity contribution in [2.75, 3.05) is 26.7 Å². The molecule has 1 aliphatic carbocycles. The number of carbonyl (C=O) groups excluding carboxylic acids is 1. The maximum Gasteiger partial charge on any atom is 0.225 e. The minimum absolute atomic E-state index is 0.00139. The highest BCUT2D eigenvalue weighted by molar-refractivity contribution is 5.79. The summed E-state index contributed by atoms with van der Waals surface area (Å²) in [6.07, 6.45) is 3.52. The third-order valence-corrected chi connectivity index (χ3v) is 6.34. The zero-order chi connectivity index (χ0) is 19.2. The first-order valence-corrected chi connectivity index (χ1v) is 10.4. The Morgan fingerprint density at radius 3 is 2.52 bits per heavy atom. The first kappa shape index (κ1) is 20.3. The van der Waals surface area contributed by atoms with Gasteiger partial charge in [-0.15, -0.1) is 0 Å². The molecule has 0 radical (unpaired) electrons. The Morgan fingerprint density at radius 2 is 1.89 bits per heavy atom. The highest BCUT2D eigenvalue weighted by Gasteiger charge is 2.36. The van der Waals surface area contributed by atoms with Crippen LogP contribution in [0.3, 0.4) is 0 Å². The normalized spacial score (nSPS) is 27.1. The van der Waals surface area contributed by atoms with E-state index in [1.807, 2.05) is 4.90 Å². The lowest BCUT2D eigenvalue weighted by molar-refractivity contribution is -0.142. The summed E-state index contributed by atoms with van der Waals surface area (Å²) in [7, 11) is 1.62. The van der Waals surface area contributed by atoms with Crippen molar-refractivity contribution in [1.82, 2.24) is 9.80 Å². The molecule has 1 aliphatic heterocycles. The summed E-state index contributed by atoms with van der Waals surface area (Å²) in [5, 5.41) is 9.97. The van der Waals surface area contributed by atoms with Gasteiger partial charge < -0.3 is 14.7 Å². The van der Waals surface area contributed by atoms with Gasteiger partial charge in [0.2, 0.25) is 5.91 Å². The molecule has 1 aromatic rings. The van der Waals surface area contributed by atoms with Crippen molar-refractivity contribution in [3.05, 3.63) is 35.9 Å². The molecule has 0 bridgehead atoms. The van der Waals surface area contributed by atoms with Gasteiger partial charge in [0.1, 0.15) is 0 Å². The summed E-state index contributed by atoms with van der Waals surface area (Å²) in [6, 6.07) is 11.2. The maximum atomic E-state index is 12.9. The molecule has 1 amide bonds. The molecule has 5 nitrogen and oxygen atoms in total. The van der Waals surface area contributed by atoms with Crippen molar-refractivity contribution < 1.29 is 14.6 Å². The Kier molecular flexibility index (Phi) is 7.27. The van der Waals surface area contributed by atoms with E-state index in [1.165, 1.54) is 5.56 Å². The number of aliphatic hydroxyl groups excluding tert-OH is 1. The second-order valence-electron chi connectivity index (χ2n) is 7.96. The largest absolute Gasteiger partial charge is 0.390 e. The predicted molar refractivity (Wildman–Crippen MR) is 106 cm³/mol. The molecule has 0 spiro atoms. The van der Waals surface area contributed by atoms with Crippen LogP contribution in [0.4, 0.5) is 0 Å². The fourth-order valence-electron chi connectivity index (χ4n) is 4.62. The van der Waals surface area contributed by atoms with Crippen molar-refractivity contribution in [2.24, 2.45) is 5.92 Å². The number of piperidine rings is 1. The molecule has 27 heavy (non-hydrogen) atoms. The summed E-state index contributed by atoms with van der Waals surface area (Å²) < 4.78 is 5.36. The van der Waals surface area contributed by atoms with Gasteiger partial charge in [0.25, 0.3) is 0 Å². The summed E-state index contributed by atoms with van der Waals surface area (Å²) in [6.45, 7) is 5.91. The van der Waals surface area contributed by atoms with Gasteiger partial charge in [0.15, 0.2) is 0 Å². The third-order valence-electron chi connectivity index (χ3n) is 6.34. The van der Waals surface area contributed by atoms with E-state index in [0.29, 0.717) is 18.9 Å². The van der Waals surface area contributed by atoms with E-state index in [9.17, 15) is 9.90 Å². The number of nitrogens with zero attached hydrogens (tertiary/aromatic N) is 2. The summed E-state index contributed by atoms with van der Waals surface area (Å²) in [4.78, 5) is 17.5. The number of methoxy groups -OCH3 is 1. The fraction of sp³-hybridized carbons (Fsp3) is 0.682. The van der Waals surface area contributed by atoms with E-state index in [4.69, 9.17) is 4.74 Å². The lowest BCUT2D eigenvalue weighted by Crippen LogP contribution is -2.49. The molecule has 1 aromatic carbocycles. The van der Waals surface area contributed by atoms with Gasteiger partial charge in [-0.05, 0) is 44.2 Å². The van der Waals surface area contributed by atoms with Gasteiger partial charge >= 0.3 is 0 Å². The molecule has 1 heterocycles.